The van der Waals surface area contributed by atoms with Crippen molar-refractivity contribution in [2.24, 2.45) is 5.73 Å². The zero-order valence-corrected chi connectivity index (χ0v) is 11.7. The van der Waals surface area contributed by atoms with Crippen LogP contribution < -0.4 is 10.6 Å². The lowest BCUT2D eigenvalue weighted by Crippen LogP contribution is -2.08. The maximum absolute atomic E-state index is 5.53. The highest BCUT2D eigenvalue weighted by Crippen LogP contribution is 2.21. The molecule has 0 saturated carbocycles. The van der Waals surface area contributed by atoms with Gasteiger partial charge in [-0.3, -0.25) is 0 Å². The summed E-state index contributed by atoms with van der Waals surface area (Å²) in [6.45, 7) is 1.73. The summed E-state index contributed by atoms with van der Waals surface area (Å²) in [6.07, 6.45) is 6.04. The lowest BCUT2D eigenvalue weighted by molar-refractivity contribution is 0.619. The van der Waals surface area contributed by atoms with Crippen molar-refractivity contribution in [3.05, 3.63) is 36.7 Å². The third-order valence-electron chi connectivity index (χ3n) is 3.21. The Kier molecular flexibility index (Phi) is 4.58. The monoisotopic (exact) mass is 258 g/mol. The highest BCUT2D eigenvalue weighted by atomic mass is 15.1. The minimum Gasteiger partial charge on any atom is -0.378 e. The number of hydrogen-bond donors (Lipinski definition) is 1. The van der Waals surface area contributed by atoms with E-state index in [1.807, 2.05) is 26.5 Å². The smallest absolute Gasteiger partial charge is 0.139 e. The van der Waals surface area contributed by atoms with Crippen molar-refractivity contribution in [3.8, 4) is 11.4 Å². The van der Waals surface area contributed by atoms with Crippen LogP contribution in [0.1, 0.15) is 12.8 Å². The van der Waals surface area contributed by atoms with E-state index in [4.69, 9.17) is 5.73 Å². The maximum atomic E-state index is 5.53. The molecule has 0 aliphatic heterocycles. The number of anilines is 1. The fraction of sp³-hybridized carbons (Fsp3) is 0.400. The molecule has 0 aliphatic rings. The summed E-state index contributed by atoms with van der Waals surface area (Å²) in [7, 11) is 4.09. The highest BCUT2D eigenvalue weighted by Gasteiger charge is 2.06. The third-order valence-corrected chi connectivity index (χ3v) is 3.21. The Labute approximate surface area is 114 Å². The average molecular weight is 258 g/mol. The first kappa shape index (κ1) is 13.6. The van der Waals surface area contributed by atoms with Gasteiger partial charge in [0.2, 0.25) is 0 Å². The van der Waals surface area contributed by atoms with E-state index in [1.54, 1.807) is 0 Å². The van der Waals surface area contributed by atoms with Crippen LogP contribution in [0.4, 0.5) is 5.69 Å². The Bertz CT molecular complexity index is 499. The molecule has 0 amide bonds. The quantitative estimate of drug-likeness (QED) is 0.809. The molecule has 19 heavy (non-hydrogen) atoms. The predicted octanol–water partition coefficient (Wildman–Crippen LogP) is 2.36. The van der Waals surface area contributed by atoms with Crippen molar-refractivity contribution in [2.45, 2.75) is 19.4 Å². The van der Waals surface area contributed by atoms with E-state index in [9.17, 15) is 0 Å². The van der Waals surface area contributed by atoms with Crippen molar-refractivity contribution < 1.29 is 0 Å². The van der Waals surface area contributed by atoms with Gasteiger partial charge < -0.3 is 15.2 Å². The van der Waals surface area contributed by atoms with Crippen molar-refractivity contribution in [1.29, 1.82) is 0 Å². The van der Waals surface area contributed by atoms with Crippen LogP contribution in [-0.4, -0.2) is 30.2 Å². The van der Waals surface area contributed by atoms with Crippen LogP contribution in [0.15, 0.2) is 36.7 Å². The topological polar surface area (TPSA) is 47.1 Å². The first-order valence-electron chi connectivity index (χ1n) is 6.71. The molecule has 0 atom stereocenters. The lowest BCUT2D eigenvalue weighted by atomic mass is 10.2. The summed E-state index contributed by atoms with van der Waals surface area (Å²) in [5.74, 6) is 1.03. The number of nitrogens with zero attached hydrogens (tertiary/aromatic N) is 3. The number of aryl methyl sites for hydroxylation is 1. The Morgan fingerprint density at radius 3 is 2.53 bits per heavy atom. The second-order valence-corrected chi connectivity index (χ2v) is 4.88. The van der Waals surface area contributed by atoms with Gasteiger partial charge in [0.1, 0.15) is 5.82 Å². The predicted molar refractivity (Wildman–Crippen MR) is 80.3 cm³/mol. The lowest BCUT2D eigenvalue weighted by Gasteiger charge is -2.13. The van der Waals surface area contributed by atoms with Crippen molar-refractivity contribution in [1.82, 2.24) is 9.55 Å². The molecule has 0 unspecified atom stereocenters. The molecule has 2 aromatic rings. The summed E-state index contributed by atoms with van der Waals surface area (Å²) < 4.78 is 2.19. The number of imidazole rings is 1. The molecular weight excluding hydrogens is 236 g/mol. The molecule has 0 fully saturated rings. The molecule has 0 radical (unpaired) electrons. The van der Waals surface area contributed by atoms with E-state index < -0.39 is 0 Å². The van der Waals surface area contributed by atoms with Crippen LogP contribution in [0.5, 0.6) is 0 Å². The minimum absolute atomic E-state index is 0.752. The molecule has 4 heteroatoms. The second kappa shape index (κ2) is 6.38. The van der Waals surface area contributed by atoms with E-state index in [0.29, 0.717) is 0 Å². The van der Waals surface area contributed by atoms with Crippen LogP contribution in [-0.2, 0) is 6.54 Å². The van der Waals surface area contributed by atoms with Gasteiger partial charge in [-0.05, 0) is 43.7 Å². The average Bonchev–Trinajstić information content (AvgIpc) is 2.87. The Hall–Kier alpha value is -1.81. The Morgan fingerprint density at radius 1 is 1.16 bits per heavy atom. The number of benzene rings is 1. The number of aromatic nitrogens is 2. The molecule has 1 aromatic heterocycles. The summed E-state index contributed by atoms with van der Waals surface area (Å²) in [5, 5.41) is 0. The van der Waals surface area contributed by atoms with Gasteiger partial charge in [0.05, 0.1) is 0 Å². The van der Waals surface area contributed by atoms with Crippen LogP contribution in [0, 0.1) is 0 Å². The van der Waals surface area contributed by atoms with Crippen LogP contribution >= 0.6 is 0 Å². The van der Waals surface area contributed by atoms with Crippen LogP contribution in [0.25, 0.3) is 11.4 Å². The van der Waals surface area contributed by atoms with Gasteiger partial charge in [-0.25, -0.2) is 4.98 Å². The van der Waals surface area contributed by atoms with Gasteiger partial charge >= 0.3 is 0 Å². The van der Waals surface area contributed by atoms with Crippen molar-refractivity contribution in [2.75, 3.05) is 25.5 Å². The van der Waals surface area contributed by atoms with Gasteiger partial charge in [0.25, 0.3) is 0 Å². The molecule has 0 bridgehead atoms. The fourth-order valence-corrected chi connectivity index (χ4v) is 2.09. The third kappa shape index (κ3) is 3.35. The summed E-state index contributed by atoms with van der Waals surface area (Å²) in [5.41, 5.74) is 7.89. The Balaban J connectivity index is 2.15. The maximum Gasteiger partial charge on any atom is 0.139 e. The summed E-state index contributed by atoms with van der Waals surface area (Å²) in [6, 6.07) is 8.48. The number of rotatable bonds is 6. The zero-order chi connectivity index (χ0) is 13.7. The number of nitrogens with two attached hydrogens (primary N) is 1. The van der Waals surface area contributed by atoms with E-state index in [0.717, 1.165) is 37.3 Å². The Morgan fingerprint density at radius 2 is 1.89 bits per heavy atom. The van der Waals surface area contributed by atoms with E-state index in [2.05, 4.69) is 38.7 Å². The van der Waals surface area contributed by atoms with Crippen LogP contribution in [0.3, 0.4) is 0 Å². The summed E-state index contributed by atoms with van der Waals surface area (Å²) >= 11 is 0. The first-order chi connectivity index (χ1) is 9.22. The molecule has 0 spiro atoms. The standard InChI is InChI=1S/C15H22N4/c1-18(2)14-7-5-13(6-8-14)15-17-10-12-19(15)11-4-3-9-16/h5-8,10,12H,3-4,9,11,16H2,1-2H3. The first-order valence-corrected chi connectivity index (χ1v) is 6.71. The minimum atomic E-state index is 0.752. The molecule has 102 valence electrons. The van der Waals surface area contributed by atoms with Crippen molar-refractivity contribution >= 4 is 5.69 Å². The largest absolute Gasteiger partial charge is 0.378 e. The van der Waals surface area contributed by atoms with E-state index in [1.165, 1.54) is 5.69 Å². The molecule has 0 saturated heterocycles. The zero-order valence-electron chi connectivity index (χ0n) is 11.7. The number of unbranched alkanes of at least 4 members (excludes halogenated alkanes) is 1. The molecule has 4 nitrogen and oxygen atoms in total. The van der Waals surface area contributed by atoms with E-state index >= 15 is 0 Å². The molecule has 2 N–H and O–H groups in total. The fourth-order valence-electron chi connectivity index (χ4n) is 2.09. The molecule has 1 aromatic carbocycles. The van der Waals surface area contributed by atoms with Gasteiger partial charge in [0.15, 0.2) is 0 Å². The van der Waals surface area contributed by atoms with Gasteiger partial charge in [-0.2, -0.15) is 0 Å². The summed E-state index contributed by atoms with van der Waals surface area (Å²) in [4.78, 5) is 6.55. The van der Waals surface area contributed by atoms with Gasteiger partial charge in [-0.15, -0.1) is 0 Å². The van der Waals surface area contributed by atoms with Gasteiger partial charge in [-0.1, -0.05) is 0 Å². The second-order valence-electron chi connectivity index (χ2n) is 4.88. The SMILES string of the molecule is CN(C)c1ccc(-c2nccn2CCCCN)cc1. The van der Waals surface area contributed by atoms with Crippen LogP contribution in [0.2, 0.25) is 0 Å². The number of hydrogen-bond acceptors (Lipinski definition) is 3. The molecular formula is C15H22N4. The van der Waals surface area contributed by atoms with E-state index in [-0.39, 0.29) is 0 Å². The van der Waals surface area contributed by atoms with Crippen molar-refractivity contribution in [3.63, 3.8) is 0 Å². The molecule has 2 rings (SSSR count). The molecule has 1 heterocycles. The normalized spacial score (nSPS) is 10.7. The highest BCUT2D eigenvalue weighted by molar-refractivity contribution is 5.60. The molecule has 0 aliphatic carbocycles. The van der Waals surface area contributed by atoms with Gasteiger partial charge in [0, 0.05) is 44.3 Å².